The van der Waals surface area contributed by atoms with Crippen LogP contribution in [0.4, 0.5) is 11.4 Å². The van der Waals surface area contributed by atoms with Gasteiger partial charge in [-0.25, -0.2) is 4.79 Å². The number of aromatic amines is 1. The topological polar surface area (TPSA) is 83.7 Å². The predicted molar refractivity (Wildman–Crippen MR) is 114 cm³/mol. The Balaban J connectivity index is 1.32. The van der Waals surface area contributed by atoms with Gasteiger partial charge in [-0.05, 0) is 42.5 Å². The third-order valence-corrected chi connectivity index (χ3v) is 5.22. The predicted octanol–water partition coefficient (Wildman–Crippen LogP) is 3.56. The third-order valence-electron chi connectivity index (χ3n) is 4.73. The Labute approximate surface area is 176 Å². The first-order valence-electron chi connectivity index (χ1n) is 9.26. The maximum Gasteiger partial charge on any atom is 0.340 e. The molecule has 8 heteroatoms. The summed E-state index contributed by atoms with van der Waals surface area (Å²) in [6, 6.07) is 13.2. The molecule has 0 bridgehead atoms. The second-order valence-corrected chi connectivity index (χ2v) is 7.58. The van der Waals surface area contributed by atoms with Crippen molar-refractivity contribution in [3.05, 3.63) is 58.7 Å². The van der Waals surface area contributed by atoms with E-state index in [2.05, 4.69) is 31.1 Å². The molecule has 1 aliphatic rings. The Hall–Kier alpha value is -2.84. The van der Waals surface area contributed by atoms with Crippen molar-refractivity contribution in [1.29, 1.82) is 0 Å². The number of fused-ring (bicyclic) bond motifs is 1. The van der Waals surface area contributed by atoms with Crippen LogP contribution in [-0.2, 0) is 14.3 Å². The van der Waals surface area contributed by atoms with Gasteiger partial charge in [0.15, 0.2) is 6.61 Å². The molecular weight excluding hydrogens is 438 g/mol. The number of nitrogens with one attached hydrogen (secondary N) is 2. The number of benzene rings is 2. The van der Waals surface area contributed by atoms with Crippen LogP contribution in [0, 0.1) is 0 Å². The minimum absolute atomic E-state index is 0.356. The van der Waals surface area contributed by atoms with Gasteiger partial charge in [0.1, 0.15) is 0 Å². The van der Waals surface area contributed by atoms with Crippen molar-refractivity contribution in [3.8, 4) is 0 Å². The van der Waals surface area contributed by atoms with Crippen LogP contribution in [0.15, 0.2) is 53.1 Å². The number of hydrogen-bond donors (Lipinski definition) is 2. The van der Waals surface area contributed by atoms with Crippen LogP contribution < -0.4 is 10.2 Å². The summed E-state index contributed by atoms with van der Waals surface area (Å²) in [4.78, 5) is 29.8. The van der Waals surface area contributed by atoms with Gasteiger partial charge in [-0.1, -0.05) is 15.9 Å². The third kappa shape index (κ3) is 4.60. The molecule has 0 radical (unpaired) electrons. The molecule has 0 saturated carbocycles. The number of rotatable bonds is 5. The van der Waals surface area contributed by atoms with E-state index >= 15 is 0 Å². The van der Waals surface area contributed by atoms with Crippen molar-refractivity contribution < 1.29 is 19.1 Å². The normalized spacial score (nSPS) is 14.0. The van der Waals surface area contributed by atoms with Gasteiger partial charge in [0.2, 0.25) is 0 Å². The molecule has 0 unspecified atom stereocenters. The quantitative estimate of drug-likeness (QED) is 0.572. The van der Waals surface area contributed by atoms with E-state index < -0.39 is 11.9 Å². The van der Waals surface area contributed by atoms with Crippen molar-refractivity contribution in [2.24, 2.45) is 0 Å². The fraction of sp³-hybridized carbons (Fsp3) is 0.238. The minimum atomic E-state index is -0.549. The van der Waals surface area contributed by atoms with Crippen LogP contribution in [0.5, 0.6) is 0 Å². The second kappa shape index (κ2) is 8.67. The molecule has 4 rings (SSSR count). The Kier molecular flexibility index (Phi) is 5.82. The van der Waals surface area contributed by atoms with E-state index in [9.17, 15) is 9.59 Å². The van der Waals surface area contributed by atoms with Crippen LogP contribution in [-0.4, -0.2) is 49.8 Å². The molecule has 1 amide bonds. The monoisotopic (exact) mass is 457 g/mol. The molecule has 29 heavy (non-hydrogen) atoms. The first kappa shape index (κ1) is 19.5. The fourth-order valence-electron chi connectivity index (χ4n) is 3.24. The van der Waals surface area contributed by atoms with Gasteiger partial charge < -0.3 is 24.7 Å². The van der Waals surface area contributed by atoms with Gasteiger partial charge in [0.25, 0.3) is 5.91 Å². The molecule has 1 aromatic heterocycles. The highest BCUT2D eigenvalue weighted by molar-refractivity contribution is 9.10. The summed E-state index contributed by atoms with van der Waals surface area (Å²) in [5, 5.41) is 3.48. The lowest BCUT2D eigenvalue weighted by Gasteiger charge is -2.28. The van der Waals surface area contributed by atoms with E-state index in [-0.39, 0.29) is 6.61 Å². The molecule has 7 nitrogen and oxygen atoms in total. The number of nitrogens with zero attached hydrogens (tertiary/aromatic N) is 1. The lowest BCUT2D eigenvalue weighted by molar-refractivity contribution is -0.119. The number of ether oxygens (including phenoxy) is 2. The number of halogens is 1. The summed E-state index contributed by atoms with van der Waals surface area (Å²) < 4.78 is 11.4. The molecule has 2 heterocycles. The Bertz CT molecular complexity index is 1030. The van der Waals surface area contributed by atoms with Crippen LogP contribution in [0.2, 0.25) is 0 Å². The van der Waals surface area contributed by atoms with Crippen molar-refractivity contribution in [2.45, 2.75) is 0 Å². The second-order valence-electron chi connectivity index (χ2n) is 6.66. The van der Waals surface area contributed by atoms with Gasteiger partial charge in [-0.15, -0.1) is 0 Å². The van der Waals surface area contributed by atoms with Gasteiger partial charge in [-0.3, -0.25) is 4.79 Å². The fourth-order valence-corrected chi connectivity index (χ4v) is 3.61. The molecule has 0 aliphatic carbocycles. The number of H-pyrrole nitrogens is 1. The number of aromatic nitrogens is 1. The molecule has 3 aromatic rings. The zero-order valence-corrected chi connectivity index (χ0v) is 17.2. The zero-order chi connectivity index (χ0) is 20.2. The lowest BCUT2D eigenvalue weighted by Crippen LogP contribution is -2.36. The van der Waals surface area contributed by atoms with Gasteiger partial charge in [0.05, 0.1) is 18.8 Å². The summed E-state index contributed by atoms with van der Waals surface area (Å²) in [6.07, 6.45) is 1.59. The van der Waals surface area contributed by atoms with Crippen molar-refractivity contribution >= 4 is 50.1 Å². The van der Waals surface area contributed by atoms with Crippen molar-refractivity contribution in [3.63, 3.8) is 0 Å². The minimum Gasteiger partial charge on any atom is -0.452 e. The summed E-state index contributed by atoms with van der Waals surface area (Å²) >= 11 is 3.39. The average Bonchev–Trinajstić information content (AvgIpc) is 3.16. The highest BCUT2D eigenvalue weighted by Gasteiger charge is 2.16. The maximum atomic E-state index is 12.4. The van der Waals surface area contributed by atoms with E-state index in [0.29, 0.717) is 11.3 Å². The van der Waals surface area contributed by atoms with E-state index in [1.165, 1.54) is 0 Å². The van der Waals surface area contributed by atoms with Crippen LogP contribution in [0.1, 0.15) is 10.4 Å². The van der Waals surface area contributed by atoms with Gasteiger partial charge >= 0.3 is 5.97 Å². The summed E-state index contributed by atoms with van der Waals surface area (Å²) in [6.45, 7) is 2.79. The molecule has 1 fully saturated rings. The lowest BCUT2D eigenvalue weighted by atomic mass is 10.2. The standard InChI is InChI=1S/C21H20BrN3O4/c22-14-1-6-19-17(11-14)18(12-23-19)21(27)29-13-20(26)24-15-2-4-16(5-3-15)25-7-9-28-10-8-25/h1-6,11-12,23H,7-10,13H2,(H,24,26). The van der Waals surface area contributed by atoms with Crippen molar-refractivity contribution in [2.75, 3.05) is 43.1 Å². The molecule has 150 valence electrons. The molecule has 0 spiro atoms. The van der Waals surface area contributed by atoms with E-state index in [1.807, 2.05) is 42.5 Å². The van der Waals surface area contributed by atoms with Crippen LogP contribution in [0.3, 0.4) is 0 Å². The number of esters is 1. The highest BCUT2D eigenvalue weighted by atomic mass is 79.9. The first-order chi connectivity index (χ1) is 14.1. The molecule has 1 aliphatic heterocycles. The summed E-state index contributed by atoms with van der Waals surface area (Å²) in [7, 11) is 0. The number of carbonyl (C=O) groups is 2. The van der Waals surface area contributed by atoms with E-state index in [1.54, 1.807) is 6.20 Å². The van der Waals surface area contributed by atoms with Gasteiger partial charge in [-0.2, -0.15) is 0 Å². The molecule has 2 aromatic carbocycles. The highest BCUT2D eigenvalue weighted by Crippen LogP contribution is 2.23. The number of anilines is 2. The van der Waals surface area contributed by atoms with Crippen molar-refractivity contribution in [1.82, 2.24) is 4.98 Å². The van der Waals surface area contributed by atoms with E-state index in [0.717, 1.165) is 47.4 Å². The maximum absolute atomic E-state index is 12.4. The summed E-state index contributed by atoms with van der Waals surface area (Å²) in [5.74, 6) is -0.939. The van der Waals surface area contributed by atoms with E-state index in [4.69, 9.17) is 9.47 Å². The number of morpholine rings is 1. The Morgan fingerprint density at radius 2 is 1.90 bits per heavy atom. The largest absolute Gasteiger partial charge is 0.452 e. The SMILES string of the molecule is O=C(COC(=O)c1c[nH]c2ccc(Br)cc12)Nc1ccc(N2CCOCC2)cc1. The molecule has 1 saturated heterocycles. The molecule has 0 atom stereocenters. The van der Waals surface area contributed by atoms with Crippen LogP contribution >= 0.6 is 15.9 Å². The first-order valence-corrected chi connectivity index (χ1v) is 10.1. The number of amides is 1. The summed E-state index contributed by atoms with van der Waals surface area (Å²) in [5.41, 5.74) is 2.95. The average molecular weight is 458 g/mol. The number of carbonyl (C=O) groups excluding carboxylic acids is 2. The molecular formula is C21H20BrN3O4. The van der Waals surface area contributed by atoms with Crippen LogP contribution in [0.25, 0.3) is 10.9 Å². The Morgan fingerprint density at radius 1 is 1.14 bits per heavy atom. The Morgan fingerprint density at radius 3 is 2.66 bits per heavy atom. The smallest absolute Gasteiger partial charge is 0.340 e. The zero-order valence-electron chi connectivity index (χ0n) is 15.6. The van der Waals surface area contributed by atoms with Gasteiger partial charge in [0, 0.05) is 46.0 Å². The number of hydrogen-bond acceptors (Lipinski definition) is 5. The molecule has 2 N–H and O–H groups in total.